The van der Waals surface area contributed by atoms with Gasteiger partial charge in [-0.05, 0) is 67.6 Å². The number of hydrogen-bond acceptors (Lipinski definition) is 6. The SMILES string of the molecule is Cc1ccc(NC(=O)[C@@H](Sc2nnc([C@@H](C)Oc3ccc(F)cc3)o2)c2ccccc2)cc1. The van der Waals surface area contributed by atoms with Gasteiger partial charge in [-0.1, -0.05) is 48.0 Å². The number of amides is 1. The van der Waals surface area contributed by atoms with E-state index in [0.717, 1.165) is 22.9 Å². The van der Waals surface area contributed by atoms with Crippen LogP contribution in [0.15, 0.2) is 88.5 Å². The first-order valence-corrected chi connectivity index (χ1v) is 11.2. The zero-order valence-corrected chi connectivity index (χ0v) is 18.9. The Balaban J connectivity index is 1.49. The van der Waals surface area contributed by atoms with Gasteiger partial charge in [0.05, 0.1) is 0 Å². The summed E-state index contributed by atoms with van der Waals surface area (Å²) in [5.74, 6) is 0.191. The van der Waals surface area contributed by atoms with Gasteiger partial charge < -0.3 is 14.5 Å². The number of halogens is 1. The van der Waals surface area contributed by atoms with Crippen molar-refractivity contribution < 1.29 is 18.3 Å². The molecule has 1 N–H and O–H groups in total. The molecule has 33 heavy (non-hydrogen) atoms. The Morgan fingerprint density at radius 2 is 1.70 bits per heavy atom. The molecule has 0 saturated carbocycles. The molecule has 0 bridgehead atoms. The highest BCUT2D eigenvalue weighted by Crippen LogP contribution is 2.36. The summed E-state index contributed by atoms with van der Waals surface area (Å²) in [5.41, 5.74) is 2.62. The average Bonchev–Trinajstić information content (AvgIpc) is 3.30. The van der Waals surface area contributed by atoms with Crippen molar-refractivity contribution in [3.05, 3.63) is 102 Å². The highest BCUT2D eigenvalue weighted by molar-refractivity contribution is 8.00. The van der Waals surface area contributed by atoms with Gasteiger partial charge in [0.2, 0.25) is 5.91 Å². The van der Waals surface area contributed by atoms with Crippen molar-refractivity contribution in [3.8, 4) is 5.75 Å². The number of thioether (sulfide) groups is 1. The molecule has 8 heteroatoms. The van der Waals surface area contributed by atoms with E-state index in [-0.39, 0.29) is 22.8 Å². The molecule has 1 aromatic heterocycles. The molecule has 0 fully saturated rings. The molecule has 0 unspecified atom stereocenters. The minimum atomic E-state index is -0.603. The lowest BCUT2D eigenvalue weighted by molar-refractivity contribution is -0.115. The molecule has 3 aromatic carbocycles. The van der Waals surface area contributed by atoms with Crippen molar-refractivity contribution >= 4 is 23.4 Å². The third-order valence-electron chi connectivity index (χ3n) is 4.77. The zero-order chi connectivity index (χ0) is 23.2. The summed E-state index contributed by atoms with van der Waals surface area (Å²) in [5, 5.41) is 10.7. The number of aromatic nitrogens is 2. The molecule has 0 spiro atoms. The Morgan fingerprint density at radius 3 is 2.39 bits per heavy atom. The van der Waals surface area contributed by atoms with Crippen LogP contribution in [0.25, 0.3) is 0 Å². The molecule has 0 radical (unpaired) electrons. The molecule has 4 aromatic rings. The summed E-state index contributed by atoms with van der Waals surface area (Å²) in [6.07, 6.45) is -0.547. The maximum atomic E-state index is 13.1. The molecule has 0 saturated heterocycles. The molecule has 1 heterocycles. The molecule has 6 nitrogen and oxygen atoms in total. The van der Waals surface area contributed by atoms with Gasteiger partial charge in [-0.3, -0.25) is 4.79 Å². The summed E-state index contributed by atoms with van der Waals surface area (Å²) in [6.45, 7) is 3.74. The van der Waals surface area contributed by atoms with E-state index in [2.05, 4.69) is 15.5 Å². The number of nitrogens with one attached hydrogen (secondary N) is 1. The lowest BCUT2D eigenvalue weighted by atomic mass is 10.1. The van der Waals surface area contributed by atoms with E-state index in [9.17, 15) is 9.18 Å². The summed E-state index contributed by atoms with van der Waals surface area (Å²) in [4.78, 5) is 13.1. The van der Waals surface area contributed by atoms with E-state index in [1.54, 1.807) is 6.92 Å². The van der Waals surface area contributed by atoms with Gasteiger partial charge in [-0.2, -0.15) is 0 Å². The smallest absolute Gasteiger partial charge is 0.277 e. The van der Waals surface area contributed by atoms with Crippen molar-refractivity contribution in [2.24, 2.45) is 0 Å². The van der Waals surface area contributed by atoms with Crippen LogP contribution in [-0.2, 0) is 4.79 Å². The first kappa shape index (κ1) is 22.5. The number of ether oxygens (including phenoxy) is 1. The number of carbonyl (C=O) groups is 1. The largest absolute Gasteiger partial charge is 0.481 e. The maximum absolute atomic E-state index is 13.1. The molecule has 0 aliphatic carbocycles. The first-order valence-electron chi connectivity index (χ1n) is 10.3. The number of carbonyl (C=O) groups excluding carboxylic acids is 1. The van der Waals surface area contributed by atoms with Crippen LogP contribution in [-0.4, -0.2) is 16.1 Å². The minimum absolute atomic E-state index is 0.203. The van der Waals surface area contributed by atoms with Gasteiger partial charge in [-0.15, -0.1) is 10.2 Å². The van der Waals surface area contributed by atoms with Crippen molar-refractivity contribution in [1.82, 2.24) is 10.2 Å². The van der Waals surface area contributed by atoms with Crippen LogP contribution in [0.4, 0.5) is 10.1 Å². The summed E-state index contributed by atoms with van der Waals surface area (Å²) < 4.78 is 24.6. The predicted molar refractivity (Wildman–Crippen MR) is 125 cm³/mol. The number of benzene rings is 3. The van der Waals surface area contributed by atoms with Gasteiger partial charge in [0.15, 0.2) is 6.10 Å². The van der Waals surface area contributed by atoms with Gasteiger partial charge in [0.25, 0.3) is 11.1 Å². The predicted octanol–water partition coefficient (Wildman–Crippen LogP) is 6.13. The highest BCUT2D eigenvalue weighted by atomic mass is 32.2. The van der Waals surface area contributed by atoms with Crippen LogP contribution in [0, 0.1) is 12.7 Å². The monoisotopic (exact) mass is 463 g/mol. The Morgan fingerprint density at radius 1 is 1.00 bits per heavy atom. The third-order valence-corrected chi connectivity index (χ3v) is 5.86. The topological polar surface area (TPSA) is 77.2 Å². The molecular weight excluding hydrogens is 441 g/mol. The number of nitrogens with zero attached hydrogens (tertiary/aromatic N) is 2. The molecular formula is C25H22FN3O3S. The number of rotatable bonds is 8. The maximum Gasteiger partial charge on any atom is 0.277 e. The lowest BCUT2D eigenvalue weighted by Crippen LogP contribution is -2.19. The lowest BCUT2D eigenvalue weighted by Gasteiger charge is -2.15. The Kier molecular flexibility index (Phi) is 7.04. The summed E-state index contributed by atoms with van der Waals surface area (Å²) >= 11 is 1.16. The second-order valence-corrected chi connectivity index (χ2v) is 8.44. The average molecular weight is 464 g/mol. The third kappa shape index (κ3) is 5.98. The van der Waals surface area contributed by atoms with Crippen molar-refractivity contribution in [3.63, 3.8) is 0 Å². The van der Waals surface area contributed by atoms with Crippen LogP contribution >= 0.6 is 11.8 Å². The van der Waals surface area contributed by atoms with E-state index < -0.39 is 11.4 Å². The van der Waals surface area contributed by atoms with Gasteiger partial charge in [0.1, 0.15) is 16.8 Å². The number of aryl methyl sites for hydroxylation is 1. The van der Waals surface area contributed by atoms with Crippen LogP contribution in [0.2, 0.25) is 0 Å². The molecule has 1 amide bonds. The fourth-order valence-corrected chi connectivity index (χ4v) is 3.93. The summed E-state index contributed by atoms with van der Waals surface area (Å²) in [6, 6.07) is 22.7. The number of anilines is 1. The zero-order valence-electron chi connectivity index (χ0n) is 18.1. The highest BCUT2D eigenvalue weighted by Gasteiger charge is 2.26. The van der Waals surface area contributed by atoms with Gasteiger partial charge >= 0.3 is 0 Å². The normalized spacial score (nSPS) is 12.7. The van der Waals surface area contributed by atoms with E-state index in [0.29, 0.717) is 11.4 Å². The van der Waals surface area contributed by atoms with E-state index in [4.69, 9.17) is 9.15 Å². The molecule has 0 aliphatic heterocycles. The Labute approximate surface area is 195 Å². The van der Waals surface area contributed by atoms with Crippen LogP contribution in [0.3, 0.4) is 0 Å². The number of hydrogen-bond donors (Lipinski definition) is 1. The fourth-order valence-electron chi connectivity index (χ4n) is 3.05. The van der Waals surface area contributed by atoms with E-state index in [1.807, 2.05) is 61.5 Å². The van der Waals surface area contributed by atoms with E-state index >= 15 is 0 Å². The molecule has 4 rings (SSSR count). The van der Waals surface area contributed by atoms with Crippen molar-refractivity contribution in [2.45, 2.75) is 30.4 Å². The van der Waals surface area contributed by atoms with Gasteiger partial charge in [-0.25, -0.2) is 4.39 Å². The Hall–Kier alpha value is -3.65. The van der Waals surface area contributed by atoms with E-state index in [1.165, 1.54) is 24.3 Å². The van der Waals surface area contributed by atoms with Crippen molar-refractivity contribution in [1.29, 1.82) is 0 Å². The van der Waals surface area contributed by atoms with Crippen molar-refractivity contribution in [2.75, 3.05) is 5.32 Å². The van der Waals surface area contributed by atoms with Crippen LogP contribution in [0.1, 0.15) is 35.3 Å². The standard InChI is InChI=1S/C25H22FN3O3S/c1-16-8-12-20(13-9-16)27-23(30)22(18-6-4-3-5-7-18)33-25-29-28-24(32-25)17(2)31-21-14-10-19(26)11-15-21/h3-15,17,22H,1-2H3,(H,27,30)/t17-,22+/m1/s1. The fraction of sp³-hybridized carbons (Fsp3) is 0.160. The van der Waals surface area contributed by atoms with Gasteiger partial charge in [0, 0.05) is 5.69 Å². The Bertz CT molecular complexity index is 1200. The molecule has 0 aliphatic rings. The molecule has 2 atom stereocenters. The second-order valence-electron chi connectivity index (χ2n) is 7.38. The quantitative estimate of drug-likeness (QED) is 0.317. The molecule has 168 valence electrons. The minimum Gasteiger partial charge on any atom is -0.481 e. The second kappa shape index (κ2) is 10.3. The summed E-state index contributed by atoms with van der Waals surface area (Å²) in [7, 11) is 0. The van der Waals surface area contributed by atoms with Crippen LogP contribution in [0.5, 0.6) is 5.75 Å². The first-order chi connectivity index (χ1) is 16.0. The van der Waals surface area contributed by atoms with Crippen LogP contribution < -0.4 is 10.1 Å².